The monoisotopic (exact) mass is 391 g/mol. The molecule has 0 bridgehead atoms. The summed E-state index contributed by atoms with van der Waals surface area (Å²) in [6.07, 6.45) is 1.66. The number of hydrogen-bond donors (Lipinski definition) is 3. The summed E-state index contributed by atoms with van der Waals surface area (Å²) in [4.78, 5) is 28.9. The maximum Gasteiger partial charge on any atom is 0.304 e. The molecule has 3 aromatic rings. The molecule has 0 saturated carbocycles. The number of H-pyrrole nitrogens is 1. The van der Waals surface area contributed by atoms with Crippen molar-refractivity contribution in [2.24, 2.45) is 5.92 Å². The van der Waals surface area contributed by atoms with Crippen LogP contribution >= 0.6 is 0 Å². The van der Waals surface area contributed by atoms with E-state index < -0.39 is 5.97 Å². The van der Waals surface area contributed by atoms with Gasteiger partial charge in [0.15, 0.2) is 0 Å². The van der Waals surface area contributed by atoms with Crippen LogP contribution in [0.2, 0.25) is 0 Å². The smallest absolute Gasteiger partial charge is 0.304 e. The van der Waals surface area contributed by atoms with E-state index in [2.05, 4.69) is 27.3 Å². The van der Waals surface area contributed by atoms with Gasteiger partial charge in [-0.05, 0) is 50.2 Å². The lowest BCUT2D eigenvalue weighted by molar-refractivity contribution is -0.137. The van der Waals surface area contributed by atoms with Crippen molar-refractivity contribution in [3.63, 3.8) is 0 Å². The number of carboxylic acids is 1. The largest absolute Gasteiger partial charge is 0.481 e. The van der Waals surface area contributed by atoms with Gasteiger partial charge in [-0.25, -0.2) is 0 Å². The number of anilines is 1. The van der Waals surface area contributed by atoms with Crippen LogP contribution in [0.1, 0.15) is 19.3 Å². The van der Waals surface area contributed by atoms with Gasteiger partial charge < -0.3 is 20.3 Å². The average molecular weight is 391 g/mol. The maximum absolute atomic E-state index is 12.7. The molecule has 1 aliphatic rings. The first kappa shape index (κ1) is 19.2. The molecule has 0 atom stereocenters. The first-order chi connectivity index (χ1) is 14.1. The number of amides is 1. The molecule has 1 saturated heterocycles. The summed E-state index contributed by atoms with van der Waals surface area (Å²) >= 11 is 0. The van der Waals surface area contributed by atoms with Gasteiger partial charge in [0.05, 0.1) is 6.42 Å². The van der Waals surface area contributed by atoms with Gasteiger partial charge >= 0.3 is 5.97 Å². The fraction of sp³-hybridized carbons (Fsp3) is 0.304. The lowest BCUT2D eigenvalue weighted by atomic mass is 9.95. The molecule has 1 amide bonds. The van der Waals surface area contributed by atoms with E-state index in [1.54, 1.807) is 0 Å². The van der Waals surface area contributed by atoms with Crippen LogP contribution in [-0.2, 0) is 9.59 Å². The number of aromatic nitrogens is 1. The molecular weight excluding hydrogens is 366 g/mol. The summed E-state index contributed by atoms with van der Waals surface area (Å²) in [7, 11) is 0. The van der Waals surface area contributed by atoms with E-state index in [9.17, 15) is 9.59 Å². The summed E-state index contributed by atoms with van der Waals surface area (Å²) in [5.74, 6) is -0.774. The molecule has 0 unspecified atom stereocenters. The number of piperidine rings is 1. The number of rotatable bonds is 6. The molecule has 6 nitrogen and oxygen atoms in total. The summed E-state index contributed by atoms with van der Waals surface area (Å²) in [5.41, 5.74) is 3.93. The summed E-state index contributed by atoms with van der Waals surface area (Å²) < 4.78 is 0. The number of hydrogen-bond acceptors (Lipinski definition) is 3. The Kier molecular flexibility index (Phi) is 5.62. The van der Waals surface area contributed by atoms with E-state index in [0.29, 0.717) is 6.54 Å². The number of likely N-dealkylation sites (tertiary alicyclic amines) is 1. The molecule has 0 spiro atoms. The summed E-state index contributed by atoms with van der Waals surface area (Å²) in [5, 5.41) is 13.0. The molecule has 4 rings (SSSR count). The Morgan fingerprint density at radius 2 is 1.86 bits per heavy atom. The van der Waals surface area contributed by atoms with Gasteiger partial charge in [-0.15, -0.1) is 0 Å². The highest BCUT2D eigenvalue weighted by molar-refractivity contribution is 5.93. The van der Waals surface area contributed by atoms with E-state index in [-0.39, 0.29) is 18.2 Å². The third-order valence-electron chi connectivity index (χ3n) is 5.57. The second-order valence-electron chi connectivity index (χ2n) is 7.60. The highest BCUT2D eigenvalue weighted by Gasteiger charge is 2.25. The third kappa shape index (κ3) is 4.66. The first-order valence-electron chi connectivity index (χ1n) is 10.0. The molecule has 2 aromatic carbocycles. The predicted molar refractivity (Wildman–Crippen MR) is 114 cm³/mol. The molecule has 1 aromatic heterocycles. The van der Waals surface area contributed by atoms with Gasteiger partial charge in [0.1, 0.15) is 0 Å². The van der Waals surface area contributed by atoms with Crippen LogP contribution in [0.5, 0.6) is 0 Å². The van der Waals surface area contributed by atoms with Crippen LogP contribution in [0.25, 0.3) is 22.2 Å². The zero-order chi connectivity index (χ0) is 20.2. The second-order valence-corrected chi connectivity index (χ2v) is 7.60. The van der Waals surface area contributed by atoms with Crippen LogP contribution in [0.3, 0.4) is 0 Å². The van der Waals surface area contributed by atoms with Gasteiger partial charge in [0.25, 0.3) is 0 Å². The number of aliphatic carboxylic acids is 1. The van der Waals surface area contributed by atoms with E-state index >= 15 is 0 Å². The number of fused-ring (bicyclic) bond motifs is 1. The van der Waals surface area contributed by atoms with Crippen molar-refractivity contribution < 1.29 is 14.7 Å². The normalized spacial score (nSPS) is 15.4. The minimum absolute atomic E-state index is 0.0344. The Hall–Kier alpha value is -3.12. The molecule has 150 valence electrons. The lowest BCUT2D eigenvalue weighted by Gasteiger charge is -2.30. The fourth-order valence-electron chi connectivity index (χ4n) is 3.91. The number of carbonyl (C=O) groups is 2. The van der Waals surface area contributed by atoms with Gasteiger partial charge in [-0.2, -0.15) is 0 Å². The van der Waals surface area contributed by atoms with Crippen molar-refractivity contribution >= 4 is 28.5 Å². The number of benzene rings is 2. The molecule has 0 radical (unpaired) electrons. The number of nitrogens with one attached hydrogen (secondary N) is 2. The van der Waals surface area contributed by atoms with Gasteiger partial charge in [0.2, 0.25) is 5.91 Å². The highest BCUT2D eigenvalue weighted by atomic mass is 16.4. The fourth-order valence-corrected chi connectivity index (χ4v) is 3.91. The minimum Gasteiger partial charge on any atom is -0.481 e. The number of para-hydroxylation sites is 1. The maximum atomic E-state index is 12.7. The Labute approximate surface area is 169 Å². The number of carboxylic acid groups (broad SMARTS) is 1. The molecule has 1 aliphatic heterocycles. The predicted octanol–water partition coefficient (Wildman–Crippen LogP) is 3.96. The number of nitrogens with zero attached hydrogens (tertiary/aromatic N) is 1. The standard InChI is InChI=1S/C23H25N3O3/c27-22(28)10-13-26-11-8-16(9-12-26)23(29)24-19-6-3-5-17(14-19)21-15-18-4-1-2-7-20(18)25-21/h1-7,14-16,25H,8-13H2,(H,24,29)(H,27,28). The zero-order valence-corrected chi connectivity index (χ0v) is 16.2. The third-order valence-corrected chi connectivity index (χ3v) is 5.57. The number of aromatic amines is 1. The Bertz CT molecular complexity index is 986. The van der Waals surface area contributed by atoms with Gasteiger partial charge in [0, 0.05) is 40.3 Å². The molecule has 1 fully saturated rings. The summed E-state index contributed by atoms with van der Waals surface area (Å²) in [6, 6.07) is 18.1. The Morgan fingerprint density at radius 3 is 2.62 bits per heavy atom. The molecule has 2 heterocycles. The number of carbonyl (C=O) groups excluding carboxylic acids is 1. The minimum atomic E-state index is -0.778. The summed E-state index contributed by atoms with van der Waals surface area (Å²) in [6.45, 7) is 2.08. The van der Waals surface area contributed by atoms with Crippen molar-refractivity contribution in [3.8, 4) is 11.3 Å². The van der Waals surface area contributed by atoms with E-state index in [1.807, 2.05) is 42.5 Å². The van der Waals surface area contributed by atoms with Crippen LogP contribution in [0.15, 0.2) is 54.6 Å². The quantitative estimate of drug-likeness (QED) is 0.594. The van der Waals surface area contributed by atoms with Crippen LogP contribution < -0.4 is 5.32 Å². The van der Waals surface area contributed by atoms with Crippen molar-refractivity contribution in [3.05, 3.63) is 54.6 Å². The molecule has 29 heavy (non-hydrogen) atoms. The van der Waals surface area contributed by atoms with Crippen molar-refractivity contribution in [2.75, 3.05) is 25.0 Å². The van der Waals surface area contributed by atoms with Crippen molar-refractivity contribution in [1.29, 1.82) is 0 Å². The lowest BCUT2D eigenvalue weighted by Crippen LogP contribution is -2.39. The Morgan fingerprint density at radius 1 is 1.07 bits per heavy atom. The topological polar surface area (TPSA) is 85.4 Å². The van der Waals surface area contributed by atoms with Crippen molar-refractivity contribution in [2.45, 2.75) is 19.3 Å². The van der Waals surface area contributed by atoms with E-state index in [0.717, 1.165) is 53.8 Å². The van der Waals surface area contributed by atoms with Crippen LogP contribution in [-0.4, -0.2) is 46.5 Å². The SMILES string of the molecule is O=C(O)CCN1CCC(C(=O)Nc2cccc(-c3cc4ccccc4[nH]3)c2)CC1. The first-order valence-corrected chi connectivity index (χ1v) is 10.0. The van der Waals surface area contributed by atoms with E-state index in [1.165, 1.54) is 0 Å². The van der Waals surface area contributed by atoms with Gasteiger partial charge in [-0.1, -0.05) is 30.3 Å². The average Bonchev–Trinajstić information content (AvgIpc) is 3.17. The van der Waals surface area contributed by atoms with E-state index in [4.69, 9.17) is 5.11 Å². The highest BCUT2D eigenvalue weighted by Crippen LogP contribution is 2.27. The Balaban J connectivity index is 1.38. The molecule has 6 heteroatoms. The molecular formula is C23H25N3O3. The zero-order valence-electron chi connectivity index (χ0n) is 16.2. The van der Waals surface area contributed by atoms with Crippen molar-refractivity contribution in [1.82, 2.24) is 9.88 Å². The molecule has 0 aliphatic carbocycles. The van der Waals surface area contributed by atoms with Crippen LogP contribution in [0, 0.1) is 5.92 Å². The molecule has 3 N–H and O–H groups in total. The van der Waals surface area contributed by atoms with Crippen LogP contribution in [0.4, 0.5) is 5.69 Å². The van der Waals surface area contributed by atoms with Gasteiger partial charge in [-0.3, -0.25) is 9.59 Å². The second kappa shape index (κ2) is 8.49.